The molecule has 1 saturated heterocycles. The van der Waals surface area contributed by atoms with E-state index in [2.05, 4.69) is 41.0 Å². The number of fused-ring (bicyclic) bond motifs is 2. The number of nitrogens with two attached hydrogens (primary N) is 1. The number of nitrogens with one attached hydrogen (secondary N) is 1. The molecule has 1 aliphatic carbocycles. The maximum Gasteiger partial charge on any atom is 0.159 e. The fourth-order valence-corrected chi connectivity index (χ4v) is 5.48. The highest BCUT2D eigenvalue weighted by Gasteiger charge is 2.50. The van der Waals surface area contributed by atoms with E-state index in [1.54, 1.807) is 24.5 Å². The van der Waals surface area contributed by atoms with Crippen LogP contribution in [-0.4, -0.2) is 22.6 Å². The van der Waals surface area contributed by atoms with Gasteiger partial charge in [0.1, 0.15) is 12.0 Å². The van der Waals surface area contributed by atoms with Crippen LogP contribution in [-0.2, 0) is 0 Å². The van der Waals surface area contributed by atoms with Crippen LogP contribution < -0.4 is 16.0 Å². The van der Waals surface area contributed by atoms with E-state index < -0.39 is 0 Å². The van der Waals surface area contributed by atoms with Gasteiger partial charge in [-0.2, -0.15) is 0 Å². The third kappa shape index (κ3) is 3.55. The number of halogens is 2. The predicted octanol–water partition coefficient (Wildman–Crippen LogP) is 5.51. The van der Waals surface area contributed by atoms with Gasteiger partial charge in [-0.1, -0.05) is 44.0 Å². The summed E-state index contributed by atoms with van der Waals surface area (Å²) in [5.41, 5.74) is 8.34. The smallest absolute Gasteiger partial charge is 0.159 e. The topological polar surface area (TPSA) is 67.1 Å². The Morgan fingerprint density at radius 1 is 1.19 bits per heavy atom. The Balaban J connectivity index is 1.66. The summed E-state index contributed by atoms with van der Waals surface area (Å²) in [6.45, 7) is 8.07. The van der Waals surface area contributed by atoms with Gasteiger partial charge in [0.25, 0.3) is 0 Å². The summed E-state index contributed by atoms with van der Waals surface area (Å²) in [5, 5.41) is 4.37. The van der Waals surface area contributed by atoms with Crippen LogP contribution in [0, 0.1) is 10.8 Å². The first-order valence-electron chi connectivity index (χ1n) is 9.25. The van der Waals surface area contributed by atoms with Crippen molar-refractivity contribution in [1.82, 2.24) is 9.97 Å². The van der Waals surface area contributed by atoms with Crippen LogP contribution in [0.25, 0.3) is 0 Å². The van der Waals surface area contributed by atoms with Crippen LogP contribution in [0.3, 0.4) is 0 Å². The fraction of sp³-hybridized carbons (Fsp3) is 0.500. The van der Waals surface area contributed by atoms with Gasteiger partial charge in [-0.25, -0.2) is 9.97 Å². The molecule has 2 fully saturated rings. The van der Waals surface area contributed by atoms with Crippen LogP contribution in [0.1, 0.15) is 40.0 Å². The van der Waals surface area contributed by atoms with Crippen LogP contribution in [0.2, 0.25) is 10.0 Å². The molecule has 4 rings (SSSR count). The van der Waals surface area contributed by atoms with E-state index in [1.807, 2.05) is 0 Å². The molecular formula is C20H25Cl2N5. The van der Waals surface area contributed by atoms with Crippen LogP contribution in [0.4, 0.5) is 23.0 Å². The highest BCUT2D eigenvalue weighted by molar-refractivity contribution is 6.35. The van der Waals surface area contributed by atoms with Gasteiger partial charge in [0.2, 0.25) is 0 Å². The van der Waals surface area contributed by atoms with Crippen LogP contribution >= 0.6 is 23.2 Å². The molecule has 27 heavy (non-hydrogen) atoms. The maximum absolute atomic E-state index is 6.49. The van der Waals surface area contributed by atoms with Gasteiger partial charge in [0, 0.05) is 17.6 Å². The maximum atomic E-state index is 6.49. The van der Waals surface area contributed by atoms with E-state index in [9.17, 15) is 0 Å². The van der Waals surface area contributed by atoms with E-state index in [4.69, 9.17) is 28.9 Å². The zero-order valence-corrected chi connectivity index (χ0v) is 17.4. The molecule has 2 heterocycles. The number of anilines is 4. The summed E-state index contributed by atoms with van der Waals surface area (Å²) in [7, 11) is 0. The quantitative estimate of drug-likeness (QED) is 0.703. The van der Waals surface area contributed by atoms with Crippen molar-refractivity contribution >= 4 is 46.2 Å². The molecule has 5 nitrogen and oxygen atoms in total. The van der Waals surface area contributed by atoms with Crippen LogP contribution in [0.5, 0.6) is 0 Å². The number of nitrogen functional groups attached to an aromatic ring is 1. The molecule has 7 heteroatoms. The molecule has 1 aromatic heterocycles. The molecule has 0 spiro atoms. The Bertz CT molecular complexity index is 885. The van der Waals surface area contributed by atoms with Crippen molar-refractivity contribution in [3.05, 3.63) is 34.6 Å². The summed E-state index contributed by atoms with van der Waals surface area (Å²) in [6.07, 6.45) is 5.11. The number of hydrogen-bond acceptors (Lipinski definition) is 5. The number of benzene rings is 1. The Hall–Kier alpha value is -1.72. The fourth-order valence-electron chi connectivity index (χ4n) is 5.14. The Morgan fingerprint density at radius 2 is 1.96 bits per heavy atom. The van der Waals surface area contributed by atoms with Crippen LogP contribution in [0.15, 0.2) is 24.5 Å². The molecule has 3 N–H and O–H groups in total. The Labute approximate surface area is 170 Å². The lowest BCUT2D eigenvalue weighted by molar-refractivity contribution is 0.136. The molecule has 144 valence electrons. The Kier molecular flexibility index (Phi) is 4.43. The second kappa shape index (κ2) is 6.42. The molecular weight excluding hydrogens is 381 g/mol. The zero-order valence-electron chi connectivity index (χ0n) is 15.9. The van der Waals surface area contributed by atoms with Crippen molar-refractivity contribution in [3.63, 3.8) is 0 Å². The second-order valence-corrected chi connectivity index (χ2v) is 9.89. The standard InChI is InChI=1S/C20H25Cl2N5/c1-19(2)7-13-8-20(3,9-19)10-27(13)18-16(23)17(24-11-25-18)26-15-6-12(21)4-5-14(15)22/h4-6,11,13H,7-10,23H2,1-3H3,(H,24,25,26). The summed E-state index contributed by atoms with van der Waals surface area (Å²) >= 11 is 12.4. The van der Waals surface area contributed by atoms with Gasteiger partial charge in [0.15, 0.2) is 11.6 Å². The first kappa shape index (κ1) is 18.6. The normalized spacial score (nSPS) is 26.3. The zero-order chi connectivity index (χ0) is 19.4. The van der Waals surface area contributed by atoms with E-state index in [1.165, 1.54) is 12.8 Å². The largest absolute Gasteiger partial charge is 0.393 e. The van der Waals surface area contributed by atoms with Crippen molar-refractivity contribution < 1.29 is 0 Å². The molecule has 2 aliphatic rings. The minimum Gasteiger partial charge on any atom is -0.393 e. The highest BCUT2D eigenvalue weighted by Crippen LogP contribution is 2.54. The molecule has 2 atom stereocenters. The summed E-state index contributed by atoms with van der Waals surface area (Å²) in [6, 6.07) is 5.71. The number of nitrogens with zero attached hydrogens (tertiary/aromatic N) is 3. The molecule has 1 aromatic carbocycles. The number of rotatable bonds is 3. The van der Waals surface area contributed by atoms with Crippen molar-refractivity contribution in [1.29, 1.82) is 0 Å². The molecule has 2 bridgehead atoms. The molecule has 0 radical (unpaired) electrons. The molecule has 0 amide bonds. The lowest BCUT2D eigenvalue weighted by Gasteiger charge is -2.39. The minimum atomic E-state index is 0.299. The van der Waals surface area contributed by atoms with Gasteiger partial charge in [-0.15, -0.1) is 0 Å². The first-order valence-corrected chi connectivity index (χ1v) is 10.0. The average Bonchev–Trinajstić information content (AvgIpc) is 2.81. The minimum absolute atomic E-state index is 0.299. The van der Waals surface area contributed by atoms with E-state index in [0.29, 0.717) is 44.1 Å². The van der Waals surface area contributed by atoms with Crippen molar-refractivity contribution in [2.75, 3.05) is 22.5 Å². The van der Waals surface area contributed by atoms with Gasteiger partial charge >= 0.3 is 0 Å². The summed E-state index contributed by atoms with van der Waals surface area (Å²) in [4.78, 5) is 11.2. The SMILES string of the molecule is CC1(C)CC2CC(C)(CN2c2ncnc(Nc3cc(Cl)ccc3Cl)c2N)C1. The summed E-state index contributed by atoms with van der Waals surface area (Å²) < 4.78 is 0. The highest BCUT2D eigenvalue weighted by atomic mass is 35.5. The number of aromatic nitrogens is 2. The lowest BCUT2D eigenvalue weighted by atomic mass is 9.65. The Morgan fingerprint density at radius 3 is 2.74 bits per heavy atom. The van der Waals surface area contributed by atoms with Crippen molar-refractivity contribution in [2.45, 2.75) is 46.1 Å². The predicted molar refractivity (Wildman–Crippen MR) is 113 cm³/mol. The van der Waals surface area contributed by atoms with Gasteiger partial charge in [-0.3, -0.25) is 0 Å². The third-order valence-electron chi connectivity index (χ3n) is 5.73. The first-order chi connectivity index (χ1) is 12.7. The van der Waals surface area contributed by atoms with Crippen molar-refractivity contribution in [3.8, 4) is 0 Å². The summed E-state index contributed by atoms with van der Waals surface area (Å²) in [5.74, 6) is 1.35. The lowest BCUT2D eigenvalue weighted by Crippen LogP contribution is -2.35. The van der Waals surface area contributed by atoms with E-state index >= 15 is 0 Å². The van der Waals surface area contributed by atoms with E-state index in [0.717, 1.165) is 18.8 Å². The van der Waals surface area contributed by atoms with E-state index in [-0.39, 0.29) is 0 Å². The third-order valence-corrected chi connectivity index (χ3v) is 6.30. The number of hydrogen-bond donors (Lipinski definition) is 2. The molecule has 2 aromatic rings. The van der Waals surface area contributed by atoms with Gasteiger partial charge in [0.05, 0.1) is 10.7 Å². The van der Waals surface area contributed by atoms with Crippen molar-refractivity contribution in [2.24, 2.45) is 10.8 Å². The molecule has 1 saturated carbocycles. The average molecular weight is 406 g/mol. The molecule has 1 aliphatic heterocycles. The monoisotopic (exact) mass is 405 g/mol. The van der Waals surface area contributed by atoms with Gasteiger partial charge < -0.3 is 16.0 Å². The molecule has 2 unspecified atom stereocenters. The second-order valence-electron chi connectivity index (χ2n) is 9.05. The van der Waals surface area contributed by atoms with Gasteiger partial charge in [-0.05, 0) is 48.3 Å².